The van der Waals surface area contributed by atoms with Gasteiger partial charge in [0.05, 0.1) is 5.69 Å². The number of rotatable bonds is 6. The van der Waals surface area contributed by atoms with Crippen LogP contribution in [0, 0.1) is 6.92 Å². The summed E-state index contributed by atoms with van der Waals surface area (Å²) in [5.74, 6) is 0.256. The quantitative estimate of drug-likeness (QED) is 0.609. The highest BCUT2D eigenvalue weighted by molar-refractivity contribution is 5.27. The summed E-state index contributed by atoms with van der Waals surface area (Å²) >= 11 is 0. The van der Waals surface area contributed by atoms with Crippen molar-refractivity contribution in [2.45, 2.75) is 26.3 Å². The Morgan fingerprint density at radius 2 is 2.20 bits per heavy atom. The third-order valence-electron chi connectivity index (χ3n) is 2.19. The first-order chi connectivity index (χ1) is 7.24. The van der Waals surface area contributed by atoms with Crippen LogP contribution in [-0.4, -0.2) is 23.2 Å². The maximum atomic E-state index is 9.52. The van der Waals surface area contributed by atoms with Crippen molar-refractivity contribution in [3.63, 3.8) is 0 Å². The predicted octanol–water partition coefficient (Wildman–Crippen LogP) is 0.924. The summed E-state index contributed by atoms with van der Waals surface area (Å²) in [5, 5.41) is 12.7. The standard InChI is InChI=1S/C11H19N3O/c1-9-4-5-11(15)10(14-9)8-13-7-3-2-6-12/h4-5,13,15H,2-3,6-8,12H2,1H3. The summed E-state index contributed by atoms with van der Waals surface area (Å²) in [5.41, 5.74) is 7.02. The summed E-state index contributed by atoms with van der Waals surface area (Å²) in [6.07, 6.45) is 2.09. The molecule has 0 spiro atoms. The van der Waals surface area contributed by atoms with Gasteiger partial charge in [-0.2, -0.15) is 0 Å². The lowest BCUT2D eigenvalue weighted by Crippen LogP contribution is -2.16. The summed E-state index contributed by atoms with van der Waals surface area (Å²) in [6, 6.07) is 3.48. The van der Waals surface area contributed by atoms with Gasteiger partial charge in [0.2, 0.25) is 0 Å². The lowest BCUT2D eigenvalue weighted by Gasteiger charge is -2.06. The number of hydrogen-bond acceptors (Lipinski definition) is 4. The molecule has 0 bridgehead atoms. The molecule has 15 heavy (non-hydrogen) atoms. The van der Waals surface area contributed by atoms with Gasteiger partial charge in [0.15, 0.2) is 0 Å². The molecule has 1 aromatic heterocycles. The molecule has 1 aromatic rings. The van der Waals surface area contributed by atoms with Gasteiger partial charge in [-0.1, -0.05) is 0 Å². The average molecular weight is 209 g/mol. The van der Waals surface area contributed by atoms with Crippen LogP contribution in [0.4, 0.5) is 0 Å². The van der Waals surface area contributed by atoms with Crippen LogP contribution in [0.1, 0.15) is 24.2 Å². The molecule has 4 nitrogen and oxygen atoms in total. The molecular formula is C11H19N3O. The number of unbranched alkanes of at least 4 members (excludes halogenated alkanes) is 1. The summed E-state index contributed by atoms with van der Waals surface area (Å²) in [7, 11) is 0. The van der Waals surface area contributed by atoms with Crippen molar-refractivity contribution < 1.29 is 5.11 Å². The summed E-state index contributed by atoms with van der Waals surface area (Å²) in [6.45, 7) is 4.16. The van der Waals surface area contributed by atoms with E-state index in [0.717, 1.165) is 31.6 Å². The van der Waals surface area contributed by atoms with E-state index in [1.807, 2.05) is 6.92 Å². The minimum absolute atomic E-state index is 0.256. The van der Waals surface area contributed by atoms with E-state index in [9.17, 15) is 5.11 Å². The van der Waals surface area contributed by atoms with Crippen molar-refractivity contribution in [3.05, 3.63) is 23.5 Å². The molecular weight excluding hydrogens is 190 g/mol. The van der Waals surface area contributed by atoms with Gasteiger partial charge in [0.1, 0.15) is 5.75 Å². The zero-order valence-corrected chi connectivity index (χ0v) is 9.16. The molecule has 4 heteroatoms. The van der Waals surface area contributed by atoms with Crippen LogP contribution in [0.15, 0.2) is 12.1 Å². The van der Waals surface area contributed by atoms with Crippen LogP contribution in [0.5, 0.6) is 5.75 Å². The van der Waals surface area contributed by atoms with Crippen LogP contribution in [0.25, 0.3) is 0 Å². The lowest BCUT2D eigenvalue weighted by atomic mass is 10.2. The Balaban J connectivity index is 2.33. The van der Waals surface area contributed by atoms with Crippen molar-refractivity contribution in [2.24, 2.45) is 5.73 Å². The van der Waals surface area contributed by atoms with Crippen LogP contribution in [-0.2, 0) is 6.54 Å². The number of nitrogens with one attached hydrogen (secondary N) is 1. The van der Waals surface area contributed by atoms with E-state index < -0.39 is 0 Å². The Labute approximate surface area is 90.5 Å². The van der Waals surface area contributed by atoms with Crippen LogP contribution < -0.4 is 11.1 Å². The van der Waals surface area contributed by atoms with Crippen molar-refractivity contribution in [1.29, 1.82) is 0 Å². The molecule has 0 amide bonds. The first-order valence-corrected chi connectivity index (χ1v) is 5.30. The molecule has 0 aliphatic rings. The minimum atomic E-state index is 0.256. The van der Waals surface area contributed by atoms with Gasteiger partial charge in [0.25, 0.3) is 0 Å². The molecule has 0 fully saturated rings. The molecule has 0 radical (unpaired) electrons. The molecule has 0 aliphatic heterocycles. The minimum Gasteiger partial charge on any atom is -0.506 e. The second-order valence-electron chi connectivity index (χ2n) is 3.59. The van der Waals surface area contributed by atoms with Gasteiger partial charge >= 0.3 is 0 Å². The fraction of sp³-hybridized carbons (Fsp3) is 0.545. The van der Waals surface area contributed by atoms with Gasteiger partial charge in [-0.05, 0) is 45.0 Å². The van der Waals surface area contributed by atoms with E-state index in [2.05, 4.69) is 10.3 Å². The van der Waals surface area contributed by atoms with Crippen molar-refractivity contribution >= 4 is 0 Å². The molecule has 0 atom stereocenters. The number of hydrogen-bond donors (Lipinski definition) is 3. The van der Waals surface area contributed by atoms with Gasteiger partial charge < -0.3 is 16.2 Å². The fourth-order valence-corrected chi connectivity index (χ4v) is 1.33. The van der Waals surface area contributed by atoms with Gasteiger partial charge in [-0.25, -0.2) is 0 Å². The summed E-state index contributed by atoms with van der Waals surface area (Å²) in [4.78, 5) is 4.25. The zero-order valence-electron chi connectivity index (χ0n) is 9.16. The third kappa shape index (κ3) is 4.27. The molecule has 1 rings (SSSR count). The Morgan fingerprint density at radius 3 is 2.93 bits per heavy atom. The third-order valence-corrected chi connectivity index (χ3v) is 2.19. The SMILES string of the molecule is Cc1ccc(O)c(CNCCCCN)n1. The van der Waals surface area contributed by atoms with E-state index in [1.165, 1.54) is 0 Å². The topological polar surface area (TPSA) is 71.2 Å². The van der Waals surface area contributed by atoms with Crippen LogP contribution in [0.3, 0.4) is 0 Å². The smallest absolute Gasteiger partial charge is 0.138 e. The molecule has 4 N–H and O–H groups in total. The second kappa shape index (κ2) is 6.37. The average Bonchev–Trinajstić information content (AvgIpc) is 2.23. The first kappa shape index (κ1) is 11.9. The Bertz CT molecular complexity index is 302. The van der Waals surface area contributed by atoms with Crippen molar-refractivity contribution in [1.82, 2.24) is 10.3 Å². The molecule has 0 unspecified atom stereocenters. The first-order valence-electron chi connectivity index (χ1n) is 5.30. The number of aryl methyl sites for hydroxylation is 1. The lowest BCUT2D eigenvalue weighted by molar-refractivity contribution is 0.458. The van der Waals surface area contributed by atoms with E-state index in [4.69, 9.17) is 5.73 Å². The van der Waals surface area contributed by atoms with Gasteiger partial charge in [-0.3, -0.25) is 4.98 Å². The molecule has 0 aromatic carbocycles. The Kier molecular flexibility index (Phi) is 5.07. The largest absolute Gasteiger partial charge is 0.506 e. The molecule has 84 valence electrons. The highest BCUT2D eigenvalue weighted by Crippen LogP contribution is 2.13. The number of aromatic nitrogens is 1. The maximum absolute atomic E-state index is 9.52. The van der Waals surface area contributed by atoms with Crippen LogP contribution >= 0.6 is 0 Å². The van der Waals surface area contributed by atoms with E-state index in [0.29, 0.717) is 12.2 Å². The molecule has 1 heterocycles. The monoisotopic (exact) mass is 209 g/mol. The fourth-order valence-electron chi connectivity index (χ4n) is 1.33. The molecule has 0 saturated heterocycles. The van der Waals surface area contributed by atoms with E-state index >= 15 is 0 Å². The van der Waals surface area contributed by atoms with Crippen molar-refractivity contribution in [2.75, 3.05) is 13.1 Å². The summed E-state index contributed by atoms with van der Waals surface area (Å²) < 4.78 is 0. The predicted molar refractivity (Wildman–Crippen MR) is 60.6 cm³/mol. The highest BCUT2D eigenvalue weighted by atomic mass is 16.3. The Morgan fingerprint density at radius 1 is 1.40 bits per heavy atom. The number of nitrogens with two attached hydrogens (primary N) is 1. The van der Waals surface area contributed by atoms with Gasteiger partial charge in [0, 0.05) is 12.2 Å². The number of pyridine rings is 1. The Hall–Kier alpha value is -1.13. The normalized spacial score (nSPS) is 10.5. The maximum Gasteiger partial charge on any atom is 0.138 e. The van der Waals surface area contributed by atoms with Crippen molar-refractivity contribution in [3.8, 4) is 5.75 Å². The number of aromatic hydroxyl groups is 1. The van der Waals surface area contributed by atoms with Gasteiger partial charge in [-0.15, -0.1) is 0 Å². The van der Waals surface area contributed by atoms with E-state index in [1.54, 1.807) is 12.1 Å². The zero-order chi connectivity index (χ0) is 11.1. The van der Waals surface area contributed by atoms with Crippen LogP contribution in [0.2, 0.25) is 0 Å². The van der Waals surface area contributed by atoms with E-state index in [-0.39, 0.29) is 5.75 Å². The molecule has 0 aliphatic carbocycles. The highest BCUT2D eigenvalue weighted by Gasteiger charge is 2.01. The number of nitrogens with zero attached hydrogens (tertiary/aromatic N) is 1. The second-order valence-corrected chi connectivity index (χ2v) is 3.59. The molecule has 0 saturated carbocycles.